The van der Waals surface area contributed by atoms with E-state index in [2.05, 4.69) is 4.90 Å². The molecule has 102 valence electrons. The number of rotatable bonds is 3. The van der Waals surface area contributed by atoms with Crippen LogP contribution >= 0.6 is 0 Å². The largest absolute Gasteiger partial charge is 0.478 e. The first kappa shape index (κ1) is 12.5. The lowest BCUT2D eigenvalue weighted by Crippen LogP contribution is -2.29. The summed E-state index contributed by atoms with van der Waals surface area (Å²) in [5.74, 6) is -0.0273. The van der Waals surface area contributed by atoms with Gasteiger partial charge in [-0.15, -0.1) is 0 Å². The number of aromatic carboxylic acids is 1. The molecule has 3 rings (SSSR count). The van der Waals surface area contributed by atoms with E-state index in [1.54, 1.807) is 6.07 Å². The van der Waals surface area contributed by atoms with Crippen LogP contribution in [0.1, 0.15) is 48.0 Å². The van der Waals surface area contributed by atoms with Crippen molar-refractivity contribution in [3.63, 3.8) is 0 Å². The highest BCUT2D eigenvalue weighted by molar-refractivity contribution is 5.89. The average molecular weight is 259 g/mol. The van der Waals surface area contributed by atoms with Crippen molar-refractivity contribution in [1.82, 2.24) is 0 Å². The van der Waals surface area contributed by atoms with E-state index >= 15 is 0 Å². The van der Waals surface area contributed by atoms with Crippen LogP contribution in [0, 0.1) is 5.92 Å². The molecule has 1 N–H and O–H groups in total. The smallest absolute Gasteiger partial charge is 0.335 e. The Kier molecular flexibility index (Phi) is 3.45. The standard InChI is InChI=1S/C16H21NO2/c18-16(19)14-7-6-13-8-9-17(15(13)10-14)11-12-4-2-1-3-5-12/h6-7,10,12H,1-5,8-9,11H2,(H,18,19). The summed E-state index contributed by atoms with van der Waals surface area (Å²) in [6, 6.07) is 5.57. The van der Waals surface area contributed by atoms with E-state index in [1.165, 1.54) is 37.7 Å². The lowest BCUT2D eigenvalue weighted by molar-refractivity contribution is 0.0697. The van der Waals surface area contributed by atoms with Crippen molar-refractivity contribution >= 4 is 11.7 Å². The normalized spacial score (nSPS) is 19.5. The van der Waals surface area contributed by atoms with Gasteiger partial charge in [-0.2, -0.15) is 0 Å². The third kappa shape index (κ3) is 2.60. The molecule has 1 aliphatic carbocycles. The summed E-state index contributed by atoms with van der Waals surface area (Å²) in [5.41, 5.74) is 2.88. The van der Waals surface area contributed by atoms with Crippen LogP contribution in [0.3, 0.4) is 0 Å². The summed E-state index contributed by atoms with van der Waals surface area (Å²) in [4.78, 5) is 13.5. The average Bonchev–Trinajstić information content (AvgIpc) is 2.82. The molecular formula is C16H21NO2. The topological polar surface area (TPSA) is 40.5 Å². The molecule has 1 aromatic rings. The molecule has 1 aliphatic heterocycles. The highest BCUT2D eigenvalue weighted by atomic mass is 16.4. The van der Waals surface area contributed by atoms with Crippen LogP contribution in [0.25, 0.3) is 0 Å². The van der Waals surface area contributed by atoms with Crippen molar-refractivity contribution in [3.8, 4) is 0 Å². The lowest BCUT2D eigenvalue weighted by atomic mass is 9.89. The maximum atomic E-state index is 11.1. The van der Waals surface area contributed by atoms with Gasteiger partial charge in [-0.3, -0.25) is 0 Å². The summed E-state index contributed by atoms with van der Waals surface area (Å²) in [7, 11) is 0. The number of benzene rings is 1. The molecule has 3 nitrogen and oxygen atoms in total. The molecule has 0 unspecified atom stereocenters. The van der Waals surface area contributed by atoms with Crippen molar-refractivity contribution in [1.29, 1.82) is 0 Å². The third-order valence-corrected chi connectivity index (χ3v) is 4.53. The molecule has 19 heavy (non-hydrogen) atoms. The van der Waals surface area contributed by atoms with Gasteiger partial charge < -0.3 is 10.0 Å². The second kappa shape index (κ2) is 5.24. The van der Waals surface area contributed by atoms with E-state index in [-0.39, 0.29) is 0 Å². The quantitative estimate of drug-likeness (QED) is 0.905. The van der Waals surface area contributed by atoms with Crippen LogP contribution in [-0.4, -0.2) is 24.2 Å². The molecule has 1 fully saturated rings. The zero-order valence-electron chi connectivity index (χ0n) is 11.3. The Morgan fingerprint density at radius 1 is 1.26 bits per heavy atom. The zero-order chi connectivity index (χ0) is 13.2. The molecule has 2 aliphatic rings. The molecule has 0 saturated heterocycles. The Bertz CT molecular complexity index is 478. The van der Waals surface area contributed by atoms with Gasteiger partial charge in [-0.25, -0.2) is 4.79 Å². The summed E-state index contributed by atoms with van der Waals surface area (Å²) in [5, 5.41) is 9.11. The molecule has 0 atom stereocenters. The van der Waals surface area contributed by atoms with E-state index < -0.39 is 5.97 Å². The number of carboxylic acid groups (broad SMARTS) is 1. The first-order valence-electron chi connectivity index (χ1n) is 7.35. The molecule has 1 heterocycles. The number of hydrogen-bond acceptors (Lipinski definition) is 2. The molecule has 0 radical (unpaired) electrons. The predicted octanol–water partition coefficient (Wildman–Crippen LogP) is 3.33. The summed E-state index contributed by atoms with van der Waals surface area (Å²) < 4.78 is 0. The van der Waals surface area contributed by atoms with Crippen LogP contribution in [0.2, 0.25) is 0 Å². The van der Waals surface area contributed by atoms with Gasteiger partial charge in [0.25, 0.3) is 0 Å². The van der Waals surface area contributed by atoms with Crippen LogP contribution in [0.4, 0.5) is 5.69 Å². The lowest BCUT2D eigenvalue weighted by Gasteiger charge is -2.28. The molecule has 0 aromatic heterocycles. The highest BCUT2D eigenvalue weighted by Crippen LogP contribution is 2.32. The monoisotopic (exact) mass is 259 g/mol. The molecule has 3 heteroatoms. The number of anilines is 1. The number of hydrogen-bond donors (Lipinski definition) is 1. The van der Waals surface area contributed by atoms with Crippen molar-refractivity contribution in [2.45, 2.75) is 38.5 Å². The molecular weight excluding hydrogens is 238 g/mol. The van der Waals surface area contributed by atoms with Crippen LogP contribution in [0.5, 0.6) is 0 Å². The fraction of sp³-hybridized carbons (Fsp3) is 0.562. The van der Waals surface area contributed by atoms with Crippen LogP contribution in [0.15, 0.2) is 18.2 Å². The first-order valence-corrected chi connectivity index (χ1v) is 7.35. The van der Waals surface area contributed by atoms with Gasteiger partial charge in [-0.1, -0.05) is 25.3 Å². The van der Waals surface area contributed by atoms with Crippen LogP contribution in [-0.2, 0) is 6.42 Å². The maximum absolute atomic E-state index is 11.1. The minimum absolute atomic E-state index is 0.411. The summed E-state index contributed by atoms with van der Waals surface area (Å²) >= 11 is 0. The summed E-state index contributed by atoms with van der Waals surface area (Å²) in [6.07, 6.45) is 7.84. The van der Waals surface area contributed by atoms with Gasteiger partial charge >= 0.3 is 5.97 Å². The maximum Gasteiger partial charge on any atom is 0.335 e. The molecule has 0 bridgehead atoms. The predicted molar refractivity (Wildman–Crippen MR) is 75.9 cm³/mol. The fourth-order valence-electron chi connectivity index (χ4n) is 3.45. The molecule has 0 spiro atoms. The van der Waals surface area contributed by atoms with Crippen molar-refractivity contribution in [2.24, 2.45) is 5.92 Å². The fourth-order valence-corrected chi connectivity index (χ4v) is 3.45. The van der Waals surface area contributed by atoms with E-state index in [0.29, 0.717) is 5.56 Å². The van der Waals surface area contributed by atoms with Crippen molar-refractivity contribution in [3.05, 3.63) is 29.3 Å². The Morgan fingerprint density at radius 2 is 2.05 bits per heavy atom. The van der Waals surface area contributed by atoms with E-state index in [4.69, 9.17) is 5.11 Å². The number of fused-ring (bicyclic) bond motifs is 1. The van der Waals surface area contributed by atoms with Gasteiger partial charge in [0.2, 0.25) is 0 Å². The third-order valence-electron chi connectivity index (χ3n) is 4.53. The highest BCUT2D eigenvalue weighted by Gasteiger charge is 2.24. The molecule has 0 amide bonds. The second-order valence-corrected chi connectivity index (χ2v) is 5.85. The number of carbonyl (C=O) groups is 1. The SMILES string of the molecule is O=C(O)c1ccc2c(c1)N(CC1CCCCC1)CC2. The number of nitrogens with zero attached hydrogens (tertiary/aromatic N) is 1. The van der Waals surface area contributed by atoms with Crippen molar-refractivity contribution in [2.75, 3.05) is 18.0 Å². The van der Waals surface area contributed by atoms with Gasteiger partial charge in [0.15, 0.2) is 0 Å². The van der Waals surface area contributed by atoms with Gasteiger partial charge in [0, 0.05) is 18.8 Å². The van der Waals surface area contributed by atoms with E-state index in [9.17, 15) is 4.79 Å². The zero-order valence-corrected chi connectivity index (χ0v) is 11.3. The molecule has 1 aromatic carbocycles. The van der Waals surface area contributed by atoms with Crippen molar-refractivity contribution < 1.29 is 9.90 Å². The number of carboxylic acids is 1. The Morgan fingerprint density at radius 3 is 2.79 bits per heavy atom. The van der Waals surface area contributed by atoms with E-state index in [0.717, 1.165) is 31.1 Å². The minimum Gasteiger partial charge on any atom is -0.478 e. The first-order chi connectivity index (χ1) is 9.24. The Balaban J connectivity index is 1.76. The van der Waals surface area contributed by atoms with Gasteiger partial charge in [-0.05, 0) is 42.9 Å². The van der Waals surface area contributed by atoms with Gasteiger partial charge in [0.05, 0.1) is 5.56 Å². The second-order valence-electron chi connectivity index (χ2n) is 5.85. The van der Waals surface area contributed by atoms with E-state index in [1.807, 2.05) is 12.1 Å². The molecule has 1 saturated carbocycles. The Hall–Kier alpha value is -1.51. The van der Waals surface area contributed by atoms with Crippen LogP contribution < -0.4 is 4.90 Å². The van der Waals surface area contributed by atoms with Gasteiger partial charge in [0.1, 0.15) is 0 Å². The summed E-state index contributed by atoms with van der Waals surface area (Å²) in [6.45, 7) is 2.16. The minimum atomic E-state index is -0.827. The Labute approximate surface area is 114 Å².